The van der Waals surface area contributed by atoms with Crippen molar-refractivity contribution in [2.75, 3.05) is 11.9 Å². The SMILES string of the molecule is CCCCCC[C@@H](Nc1ccnc(Cl)c1[N+](=O)[O-])[C@@H]1COC(C)(C)O1. The third-order valence-electron chi connectivity index (χ3n) is 4.25. The minimum absolute atomic E-state index is 0.101. The van der Waals surface area contributed by atoms with Crippen molar-refractivity contribution in [2.24, 2.45) is 0 Å². The molecule has 1 fully saturated rings. The van der Waals surface area contributed by atoms with E-state index >= 15 is 0 Å². The van der Waals surface area contributed by atoms with Gasteiger partial charge in [0.25, 0.3) is 0 Å². The van der Waals surface area contributed by atoms with Crippen LogP contribution in [0.4, 0.5) is 11.4 Å². The van der Waals surface area contributed by atoms with E-state index in [9.17, 15) is 10.1 Å². The number of nitrogens with zero attached hydrogens (tertiary/aromatic N) is 2. The van der Waals surface area contributed by atoms with Gasteiger partial charge < -0.3 is 14.8 Å². The first-order valence-electron chi connectivity index (χ1n) is 8.71. The fourth-order valence-corrected chi connectivity index (χ4v) is 3.20. The van der Waals surface area contributed by atoms with Crippen LogP contribution in [0.5, 0.6) is 0 Å². The van der Waals surface area contributed by atoms with Gasteiger partial charge in [0, 0.05) is 6.20 Å². The Morgan fingerprint density at radius 1 is 1.48 bits per heavy atom. The molecule has 0 saturated carbocycles. The molecule has 0 unspecified atom stereocenters. The second-order valence-electron chi connectivity index (χ2n) is 6.72. The van der Waals surface area contributed by atoms with Crippen LogP contribution < -0.4 is 5.32 Å². The average Bonchev–Trinajstić information content (AvgIpc) is 2.90. The lowest BCUT2D eigenvalue weighted by atomic mass is 10.0. The number of halogens is 1. The number of ether oxygens (including phenoxy) is 2. The Balaban J connectivity index is 2.15. The monoisotopic (exact) mass is 371 g/mol. The predicted octanol–water partition coefficient (Wildman–Crippen LogP) is 4.55. The first kappa shape index (κ1) is 19.9. The second-order valence-corrected chi connectivity index (χ2v) is 7.08. The van der Waals surface area contributed by atoms with Crippen LogP contribution in [-0.2, 0) is 9.47 Å². The van der Waals surface area contributed by atoms with E-state index in [-0.39, 0.29) is 23.0 Å². The minimum atomic E-state index is -0.643. The fraction of sp³-hybridized carbons (Fsp3) is 0.706. The van der Waals surface area contributed by atoms with Gasteiger partial charge in [-0.1, -0.05) is 44.2 Å². The minimum Gasteiger partial charge on any atom is -0.374 e. The van der Waals surface area contributed by atoms with Crippen LogP contribution in [-0.4, -0.2) is 34.4 Å². The van der Waals surface area contributed by atoms with Crippen molar-refractivity contribution in [3.05, 3.63) is 27.5 Å². The molecule has 1 saturated heterocycles. The van der Waals surface area contributed by atoms with Gasteiger partial charge in [-0.05, 0) is 26.3 Å². The summed E-state index contributed by atoms with van der Waals surface area (Å²) in [7, 11) is 0. The highest BCUT2D eigenvalue weighted by Crippen LogP contribution is 2.33. The quantitative estimate of drug-likeness (QED) is 0.296. The summed E-state index contributed by atoms with van der Waals surface area (Å²) >= 11 is 5.91. The Bertz CT molecular complexity index is 597. The van der Waals surface area contributed by atoms with Gasteiger partial charge in [-0.25, -0.2) is 4.98 Å². The number of hydrogen-bond donors (Lipinski definition) is 1. The van der Waals surface area contributed by atoms with E-state index in [1.54, 1.807) is 6.07 Å². The van der Waals surface area contributed by atoms with E-state index < -0.39 is 10.7 Å². The van der Waals surface area contributed by atoms with E-state index in [0.717, 1.165) is 25.7 Å². The van der Waals surface area contributed by atoms with Crippen LogP contribution in [0.3, 0.4) is 0 Å². The van der Waals surface area contributed by atoms with Gasteiger partial charge in [0.1, 0.15) is 11.8 Å². The van der Waals surface area contributed by atoms with E-state index in [4.69, 9.17) is 21.1 Å². The maximum Gasteiger partial charge on any atom is 0.329 e. The third kappa shape index (κ3) is 5.52. The fourth-order valence-electron chi connectivity index (χ4n) is 2.97. The predicted molar refractivity (Wildman–Crippen MR) is 97.0 cm³/mol. The first-order valence-corrected chi connectivity index (χ1v) is 9.09. The zero-order valence-corrected chi connectivity index (χ0v) is 15.7. The van der Waals surface area contributed by atoms with Gasteiger partial charge in [0.2, 0.25) is 5.15 Å². The Labute approximate surface area is 153 Å². The number of hydrogen-bond acceptors (Lipinski definition) is 6. The highest BCUT2D eigenvalue weighted by atomic mass is 35.5. The van der Waals surface area contributed by atoms with Crippen LogP contribution in [0.25, 0.3) is 0 Å². The molecule has 0 aromatic carbocycles. The standard InChI is InChI=1S/C17H26ClN3O4/c1-4-5-6-7-8-12(14-11-24-17(2,3)25-14)20-13-9-10-19-16(18)15(13)21(22)23/h9-10,12,14H,4-8,11H2,1-3H3,(H,19,20)/t12-,14+/m1/s1. The molecule has 0 spiro atoms. The molecule has 1 aliphatic rings. The molecule has 0 bridgehead atoms. The van der Waals surface area contributed by atoms with Crippen molar-refractivity contribution >= 4 is 23.0 Å². The van der Waals surface area contributed by atoms with Crippen molar-refractivity contribution in [1.29, 1.82) is 0 Å². The number of anilines is 1. The van der Waals surface area contributed by atoms with Crippen LogP contribution >= 0.6 is 11.6 Å². The number of unbranched alkanes of at least 4 members (excludes halogenated alkanes) is 3. The average molecular weight is 372 g/mol. The molecule has 0 aliphatic carbocycles. The summed E-state index contributed by atoms with van der Waals surface area (Å²) in [5.41, 5.74) is 0.152. The molecule has 8 heteroatoms. The van der Waals surface area contributed by atoms with Gasteiger partial charge in [0.05, 0.1) is 17.6 Å². The number of pyridine rings is 1. The molecular weight excluding hydrogens is 346 g/mol. The maximum absolute atomic E-state index is 11.3. The molecular formula is C17H26ClN3O4. The summed E-state index contributed by atoms with van der Waals surface area (Å²) in [6.45, 7) is 6.35. The zero-order chi connectivity index (χ0) is 18.4. The molecule has 1 aromatic rings. The molecule has 0 radical (unpaired) electrons. The third-order valence-corrected chi connectivity index (χ3v) is 4.53. The van der Waals surface area contributed by atoms with Crippen LogP contribution in [0.2, 0.25) is 5.15 Å². The molecule has 25 heavy (non-hydrogen) atoms. The van der Waals surface area contributed by atoms with Crippen molar-refractivity contribution < 1.29 is 14.4 Å². The van der Waals surface area contributed by atoms with Gasteiger partial charge >= 0.3 is 5.69 Å². The van der Waals surface area contributed by atoms with Crippen molar-refractivity contribution in [2.45, 2.75) is 70.8 Å². The summed E-state index contributed by atoms with van der Waals surface area (Å²) in [6, 6.07) is 1.47. The van der Waals surface area contributed by atoms with E-state index in [0.29, 0.717) is 12.3 Å². The molecule has 1 aromatic heterocycles. The molecule has 2 heterocycles. The maximum atomic E-state index is 11.3. The number of rotatable bonds is 9. The zero-order valence-electron chi connectivity index (χ0n) is 15.0. The summed E-state index contributed by atoms with van der Waals surface area (Å²) in [5.74, 6) is -0.643. The first-order chi connectivity index (χ1) is 11.8. The molecule has 7 nitrogen and oxygen atoms in total. The normalized spacial score (nSPS) is 20.4. The van der Waals surface area contributed by atoms with Crippen LogP contribution in [0, 0.1) is 10.1 Å². The second kappa shape index (κ2) is 8.78. The highest BCUT2D eigenvalue weighted by Gasteiger charge is 2.38. The summed E-state index contributed by atoms with van der Waals surface area (Å²) in [5, 5.41) is 14.5. The van der Waals surface area contributed by atoms with Crippen LogP contribution in [0.15, 0.2) is 12.3 Å². The Morgan fingerprint density at radius 2 is 2.24 bits per heavy atom. The van der Waals surface area contributed by atoms with Gasteiger partial charge in [-0.3, -0.25) is 10.1 Å². The number of aromatic nitrogens is 1. The highest BCUT2D eigenvalue weighted by molar-refractivity contribution is 6.32. The summed E-state index contributed by atoms with van der Waals surface area (Å²) < 4.78 is 11.6. The topological polar surface area (TPSA) is 86.5 Å². The molecule has 2 atom stereocenters. The van der Waals surface area contributed by atoms with Crippen molar-refractivity contribution in [1.82, 2.24) is 4.98 Å². The smallest absolute Gasteiger partial charge is 0.329 e. The van der Waals surface area contributed by atoms with Crippen LogP contribution in [0.1, 0.15) is 52.9 Å². The lowest BCUT2D eigenvalue weighted by Gasteiger charge is -2.26. The lowest BCUT2D eigenvalue weighted by Crippen LogP contribution is -2.37. The molecule has 1 N–H and O–H groups in total. The largest absolute Gasteiger partial charge is 0.374 e. The number of nitro groups is 1. The van der Waals surface area contributed by atoms with Gasteiger partial charge in [-0.15, -0.1) is 0 Å². The van der Waals surface area contributed by atoms with E-state index in [1.807, 2.05) is 13.8 Å². The van der Waals surface area contributed by atoms with Crippen molar-refractivity contribution in [3.63, 3.8) is 0 Å². The molecule has 140 valence electrons. The molecule has 1 aliphatic heterocycles. The summed E-state index contributed by atoms with van der Waals surface area (Å²) in [6.07, 6.45) is 6.57. The van der Waals surface area contributed by atoms with Crippen molar-refractivity contribution in [3.8, 4) is 0 Å². The van der Waals surface area contributed by atoms with E-state index in [1.165, 1.54) is 12.6 Å². The Morgan fingerprint density at radius 3 is 2.84 bits per heavy atom. The Hall–Kier alpha value is -1.44. The number of nitrogens with one attached hydrogen (secondary N) is 1. The molecule has 0 amide bonds. The van der Waals surface area contributed by atoms with Gasteiger partial charge in [0.15, 0.2) is 5.79 Å². The molecule has 2 rings (SSSR count). The Kier molecular flexibility index (Phi) is 6.98. The van der Waals surface area contributed by atoms with E-state index in [2.05, 4.69) is 17.2 Å². The lowest BCUT2D eigenvalue weighted by molar-refractivity contribution is -0.384. The summed E-state index contributed by atoms with van der Waals surface area (Å²) in [4.78, 5) is 14.6. The van der Waals surface area contributed by atoms with Gasteiger partial charge in [-0.2, -0.15) is 0 Å².